The monoisotopic (exact) mass is 590 g/mol. The fourth-order valence-corrected chi connectivity index (χ4v) is 4.86. The third-order valence-electron chi connectivity index (χ3n) is 5.01. The summed E-state index contributed by atoms with van der Waals surface area (Å²) < 4.78 is 28.9. The summed E-state index contributed by atoms with van der Waals surface area (Å²) in [6.07, 6.45) is 0. The van der Waals surface area contributed by atoms with Crippen molar-refractivity contribution < 1.29 is 28.2 Å². The van der Waals surface area contributed by atoms with Crippen molar-refractivity contribution in [2.75, 3.05) is 33.8 Å². The molecule has 4 rings (SSSR count). The predicted octanol–water partition coefficient (Wildman–Crippen LogP) is 6.31. The van der Waals surface area contributed by atoms with Gasteiger partial charge in [-0.3, -0.25) is 4.79 Å². The number of halogens is 2. The summed E-state index contributed by atoms with van der Waals surface area (Å²) in [6, 6.07) is 12.2. The average molecular weight is 592 g/mol. The Balaban J connectivity index is 1.67. The highest BCUT2D eigenvalue weighted by atomic mass is 79.9. The smallest absolute Gasteiger partial charge is 0.259 e. The quantitative estimate of drug-likeness (QED) is 0.269. The molecule has 0 spiro atoms. The number of anilines is 1. The molecule has 1 amide bonds. The number of rotatable bonds is 7. The number of hydrogen-bond donors (Lipinski definition) is 1. The van der Waals surface area contributed by atoms with Gasteiger partial charge in [-0.2, -0.15) is 0 Å². The van der Waals surface area contributed by atoms with Gasteiger partial charge in [0.15, 0.2) is 17.1 Å². The Hall–Kier alpha value is -3.24. The Morgan fingerprint density at radius 2 is 1.56 bits per heavy atom. The number of benzene rings is 3. The lowest BCUT2D eigenvalue weighted by Gasteiger charge is -2.12. The standard InChI is InChI=1S/C24H20Br2N2O6/c1-30-19-7-12(8-20(31-2)22(19)33-4)24-28-17-11-14(5-6-18(17)34-24)27-23(29)15-9-13(25)10-16(26)21(15)32-3/h5-11H,1-4H3,(H,27,29). The largest absolute Gasteiger partial charge is 0.495 e. The van der Waals surface area contributed by atoms with E-state index in [9.17, 15) is 4.79 Å². The fraction of sp³-hybridized carbons (Fsp3) is 0.167. The van der Waals surface area contributed by atoms with E-state index in [1.165, 1.54) is 14.2 Å². The zero-order chi connectivity index (χ0) is 24.4. The number of oxazole rings is 1. The molecule has 176 valence electrons. The minimum Gasteiger partial charge on any atom is -0.495 e. The van der Waals surface area contributed by atoms with E-state index in [2.05, 4.69) is 42.2 Å². The molecule has 10 heteroatoms. The van der Waals surface area contributed by atoms with Gasteiger partial charge in [0.2, 0.25) is 11.6 Å². The zero-order valence-electron chi connectivity index (χ0n) is 18.7. The first-order valence-electron chi connectivity index (χ1n) is 9.93. The molecule has 0 saturated heterocycles. The number of carbonyl (C=O) groups is 1. The molecule has 34 heavy (non-hydrogen) atoms. The second kappa shape index (κ2) is 9.94. The molecule has 0 radical (unpaired) electrons. The van der Waals surface area contributed by atoms with E-state index in [0.717, 1.165) is 4.47 Å². The van der Waals surface area contributed by atoms with E-state index in [-0.39, 0.29) is 5.91 Å². The third-order valence-corrected chi connectivity index (χ3v) is 6.06. The van der Waals surface area contributed by atoms with Crippen LogP contribution in [0.2, 0.25) is 0 Å². The number of fused-ring (bicyclic) bond motifs is 1. The van der Waals surface area contributed by atoms with Crippen LogP contribution in [-0.2, 0) is 0 Å². The molecule has 1 heterocycles. The number of carbonyl (C=O) groups excluding carboxylic acids is 1. The number of amides is 1. The van der Waals surface area contributed by atoms with Crippen LogP contribution in [0.1, 0.15) is 10.4 Å². The molecule has 4 aromatic rings. The van der Waals surface area contributed by atoms with Gasteiger partial charge >= 0.3 is 0 Å². The van der Waals surface area contributed by atoms with Crippen LogP contribution in [-0.4, -0.2) is 39.3 Å². The molecule has 3 aromatic carbocycles. The van der Waals surface area contributed by atoms with E-state index in [1.807, 2.05) is 6.07 Å². The SMILES string of the molecule is COc1cc(-c2nc3cc(NC(=O)c4cc(Br)cc(Br)c4OC)ccc3o2)cc(OC)c1OC. The Morgan fingerprint density at radius 1 is 0.882 bits per heavy atom. The summed E-state index contributed by atoms with van der Waals surface area (Å²) in [4.78, 5) is 17.5. The van der Waals surface area contributed by atoms with E-state index in [4.69, 9.17) is 23.4 Å². The van der Waals surface area contributed by atoms with Crippen LogP contribution in [0.3, 0.4) is 0 Å². The Bertz CT molecular complexity index is 1360. The van der Waals surface area contributed by atoms with Gasteiger partial charge in [0, 0.05) is 15.7 Å². The maximum Gasteiger partial charge on any atom is 0.259 e. The van der Waals surface area contributed by atoms with Crippen molar-refractivity contribution in [3.8, 4) is 34.5 Å². The van der Waals surface area contributed by atoms with Gasteiger partial charge in [0.25, 0.3) is 5.91 Å². The number of hydrogen-bond acceptors (Lipinski definition) is 7. The lowest BCUT2D eigenvalue weighted by Crippen LogP contribution is -2.13. The van der Waals surface area contributed by atoms with Gasteiger partial charge in [-0.15, -0.1) is 0 Å². The summed E-state index contributed by atoms with van der Waals surface area (Å²) in [5, 5.41) is 2.88. The van der Waals surface area contributed by atoms with E-state index in [1.54, 1.807) is 50.6 Å². The van der Waals surface area contributed by atoms with E-state index >= 15 is 0 Å². The van der Waals surface area contributed by atoms with Crippen molar-refractivity contribution in [3.63, 3.8) is 0 Å². The summed E-state index contributed by atoms with van der Waals surface area (Å²) in [5.41, 5.74) is 2.72. The zero-order valence-corrected chi connectivity index (χ0v) is 21.9. The number of nitrogens with one attached hydrogen (secondary N) is 1. The predicted molar refractivity (Wildman–Crippen MR) is 135 cm³/mol. The minimum absolute atomic E-state index is 0.327. The van der Waals surface area contributed by atoms with Crippen molar-refractivity contribution in [3.05, 3.63) is 57.0 Å². The first-order chi connectivity index (χ1) is 16.4. The topological polar surface area (TPSA) is 92.1 Å². The lowest BCUT2D eigenvalue weighted by atomic mass is 10.1. The Kier molecular flexibility index (Phi) is 6.99. The maximum absolute atomic E-state index is 12.9. The van der Waals surface area contributed by atoms with Crippen LogP contribution in [0.25, 0.3) is 22.6 Å². The lowest BCUT2D eigenvalue weighted by molar-refractivity contribution is 0.102. The molecule has 0 unspecified atom stereocenters. The van der Waals surface area contributed by atoms with Gasteiger partial charge in [0.05, 0.1) is 38.5 Å². The molecule has 8 nitrogen and oxygen atoms in total. The highest BCUT2D eigenvalue weighted by Gasteiger charge is 2.19. The molecular weight excluding hydrogens is 572 g/mol. The maximum atomic E-state index is 12.9. The van der Waals surface area contributed by atoms with Crippen molar-refractivity contribution in [1.29, 1.82) is 0 Å². The van der Waals surface area contributed by atoms with Crippen molar-refractivity contribution in [2.24, 2.45) is 0 Å². The van der Waals surface area contributed by atoms with Gasteiger partial charge in [0.1, 0.15) is 11.3 Å². The molecule has 0 aliphatic rings. The summed E-state index contributed by atoms with van der Waals surface area (Å²) in [5.74, 6) is 1.93. The fourth-order valence-electron chi connectivity index (χ4n) is 3.47. The normalized spacial score (nSPS) is 10.8. The molecule has 0 aliphatic carbocycles. The van der Waals surface area contributed by atoms with Crippen LogP contribution in [0, 0.1) is 0 Å². The molecule has 0 aliphatic heterocycles. The Labute approximate surface area is 212 Å². The third kappa shape index (κ3) is 4.55. The van der Waals surface area contributed by atoms with Crippen LogP contribution < -0.4 is 24.3 Å². The van der Waals surface area contributed by atoms with E-state index < -0.39 is 0 Å². The summed E-state index contributed by atoms with van der Waals surface area (Å²) >= 11 is 6.82. The number of methoxy groups -OCH3 is 4. The second-order valence-corrected chi connectivity index (χ2v) is 8.81. The number of ether oxygens (including phenoxy) is 4. The first kappa shape index (κ1) is 23.9. The van der Waals surface area contributed by atoms with Crippen LogP contribution in [0.5, 0.6) is 23.0 Å². The van der Waals surface area contributed by atoms with Gasteiger partial charge < -0.3 is 28.7 Å². The highest BCUT2D eigenvalue weighted by Crippen LogP contribution is 2.41. The van der Waals surface area contributed by atoms with Crippen LogP contribution in [0.4, 0.5) is 5.69 Å². The summed E-state index contributed by atoms with van der Waals surface area (Å²) in [7, 11) is 6.14. The van der Waals surface area contributed by atoms with Crippen molar-refractivity contribution >= 4 is 54.6 Å². The molecule has 0 bridgehead atoms. The number of nitrogens with zero attached hydrogens (tertiary/aromatic N) is 1. The highest BCUT2D eigenvalue weighted by molar-refractivity contribution is 9.11. The Morgan fingerprint density at radius 3 is 2.18 bits per heavy atom. The minimum atomic E-state index is -0.327. The first-order valence-corrected chi connectivity index (χ1v) is 11.5. The molecule has 1 N–H and O–H groups in total. The van der Waals surface area contributed by atoms with Crippen molar-refractivity contribution in [2.45, 2.75) is 0 Å². The van der Waals surface area contributed by atoms with Crippen molar-refractivity contribution in [1.82, 2.24) is 4.98 Å². The van der Waals surface area contributed by atoms with Gasteiger partial charge in [-0.05, 0) is 58.4 Å². The van der Waals surface area contributed by atoms with Crippen LogP contribution in [0.15, 0.2) is 55.8 Å². The molecule has 0 fully saturated rings. The number of aromatic nitrogens is 1. The second-order valence-electron chi connectivity index (χ2n) is 7.04. The average Bonchev–Trinajstić information content (AvgIpc) is 3.26. The van der Waals surface area contributed by atoms with E-state index in [0.29, 0.717) is 61.3 Å². The molecule has 0 saturated carbocycles. The van der Waals surface area contributed by atoms with Crippen LogP contribution >= 0.6 is 31.9 Å². The molecule has 1 aromatic heterocycles. The molecule has 0 atom stereocenters. The summed E-state index contributed by atoms with van der Waals surface area (Å²) in [6.45, 7) is 0. The van der Waals surface area contributed by atoms with Gasteiger partial charge in [-0.25, -0.2) is 4.98 Å². The van der Waals surface area contributed by atoms with Gasteiger partial charge in [-0.1, -0.05) is 15.9 Å². The molecular formula is C24H20Br2N2O6.